The van der Waals surface area contributed by atoms with Crippen LogP contribution in [-0.4, -0.2) is 34.7 Å². The molecule has 0 bridgehead atoms. The molecule has 1 aromatic carbocycles. The Kier molecular flexibility index (Phi) is 5.02. The SMILES string of the molecule is Cc1ccccc1-c1cn[nH]c1C1CCN(CC2CC=CCC2)CC1. The Morgan fingerprint density at radius 2 is 1.92 bits per heavy atom. The average Bonchev–Trinajstić information content (AvgIpc) is 3.13. The Balaban J connectivity index is 1.41. The van der Waals surface area contributed by atoms with E-state index in [1.165, 1.54) is 74.1 Å². The van der Waals surface area contributed by atoms with E-state index in [9.17, 15) is 0 Å². The van der Waals surface area contributed by atoms with E-state index < -0.39 is 0 Å². The van der Waals surface area contributed by atoms with Crippen LogP contribution >= 0.6 is 0 Å². The molecule has 0 amide bonds. The zero-order valence-electron chi connectivity index (χ0n) is 15.2. The number of hydrogen-bond acceptors (Lipinski definition) is 2. The predicted molar refractivity (Wildman–Crippen MR) is 104 cm³/mol. The molecule has 1 aliphatic heterocycles. The van der Waals surface area contributed by atoms with Gasteiger partial charge >= 0.3 is 0 Å². The van der Waals surface area contributed by atoms with Crippen molar-refractivity contribution in [3.63, 3.8) is 0 Å². The second-order valence-corrected chi connectivity index (χ2v) is 7.74. The summed E-state index contributed by atoms with van der Waals surface area (Å²) in [5, 5.41) is 7.70. The molecule has 25 heavy (non-hydrogen) atoms. The minimum absolute atomic E-state index is 0.611. The molecule has 2 aromatic rings. The second-order valence-electron chi connectivity index (χ2n) is 7.74. The van der Waals surface area contributed by atoms with E-state index in [-0.39, 0.29) is 0 Å². The molecule has 1 aromatic heterocycles. The van der Waals surface area contributed by atoms with E-state index in [1.54, 1.807) is 0 Å². The van der Waals surface area contributed by atoms with Crippen LogP contribution in [-0.2, 0) is 0 Å². The molecule has 4 rings (SSSR count). The molecule has 0 spiro atoms. The summed E-state index contributed by atoms with van der Waals surface area (Å²) in [6, 6.07) is 8.64. The van der Waals surface area contributed by atoms with E-state index in [4.69, 9.17) is 0 Å². The smallest absolute Gasteiger partial charge is 0.0568 e. The first-order valence-electron chi connectivity index (χ1n) is 9.78. The van der Waals surface area contributed by atoms with Crippen LogP contribution < -0.4 is 0 Å². The zero-order valence-corrected chi connectivity index (χ0v) is 15.2. The summed E-state index contributed by atoms with van der Waals surface area (Å²) in [6.45, 7) is 5.91. The summed E-state index contributed by atoms with van der Waals surface area (Å²) in [7, 11) is 0. The number of likely N-dealkylation sites (tertiary alicyclic amines) is 1. The molecule has 2 aliphatic rings. The predicted octanol–water partition coefficient (Wildman–Crippen LogP) is 4.92. The molecule has 1 unspecified atom stereocenters. The highest BCUT2D eigenvalue weighted by molar-refractivity contribution is 5.69. The van der Waals surface area contributed by atoms with E-state index >= 15 is 0 Å². The monoisotopic (exact) mass is 335 g/mol. The van der Waals surface area contributed by atoms with Gasteiger partial charge in [-0.25, -0.2) is 0 Å². The van der Waals surface area contributed by atoms with Gasteiger partial charge in [-0.1, -0.05) is 36.4 Å². The lowest BCUT2D eigenvalue weighted by Crippen LogP contribution is -2.37. The maximum absolute atomic E-state index is 4.38. The van der Waals surface area contributed by atoms with Gasteiger partial charge in [0.2, 0.25) is 0 Å². The summed E-state index contributed by atoms with van der Waals surface area (Å²) in [5.74, 6) is 1.48. The van der Waals surface area contributed by atoms with Gasteiger partial charge in [0.05, 0.1) is 6.20 Å². The normalized spacial score (nSPS) is 22.4. The van der Waals surface area contributed by atoms with Crippen molar-refractivity contribution in [3.8, 4) is 11.1 Å². The lowest BCUT2D eigenvalue weighted by molar-refractivity contribution is 0.177. The van der Waals surface area contributed by atoms with Gasteiger partial charge in [0.25, 0.3) is 0 Å². The minimum Gasteiger partial charge on any atom is -0.303 e. The zero-order chi connectivity index (χ0) is 17.1. The second kappa shape index (κ2) is 7.57. The van der Waals surface area contributed by atoms with Gasteiger partial charge in [0.15, 0.2) is 0 Å². The highest BCUT2D eigenvalue weighted by atomic mass is 15.1. The summed E-state index contributed by atoms with van der Waals surface area (Å²) >= 11 is 0. The van der Waals surface area contributed by atoms with Crippen molar-refractivity contribution in [3.05, 3.63) is 53.9 Å². The van der Waals surface area contributed by atoms with Gasteiger partial charge in [-0.05, 0) is 69.2 Å². The number of piperidine rings is 1. The fraction of sp³-hybridized carbons (Fsp3) is 0.500. The number of rotatable bonds is 4. The first kappa shape index (κ1) is 16.6. The molecule has 1 fully saturated rings. The van der Waals surface area contributed by atoms with E-state index in [0.717, 1.165) is 5.92 Å². The molecule has 1 N–H and O–H groups in total. The van der Waals surface area contributed by atoms with E-state index in [1.807, 2.05) is 6.20 Å². The highest BCUT2D eigenvalue weighted by Gasteiger charge is 2.26. The lowest BCUT2D eigenvalue weighted by atomic mass is 9.87. The number of allylic oxidation sites excluding steroid dienone is 2. The number of benzene rings is 1. The number of aryl methyl sites for hydroxylation is 1. The van der Waals surface area contributed by atoms with Crippen LogP contribution in [0.1, 0.15) is 49.3 Å². The average molecular weight is 335 g/mol. The van der Waals surface area contributed by atoms with Crippen LogP contribution in [0.5, 0.6) is 0 Å². The lowest BCUT2D eigenvalue weighted by Gasteiger charge is -2.34. The van der Waals surface area contributed by atoms with Crippen molar-refractivity contribution in [2.45, 2.75) is 44.9 Å². The molecule has 2 heterocycles. The van der Waals surface area contributed by atoms with Crippen LogP contribution in [0.4, 0.5) is 0 Å². The van der Waals surface area contributed by atoms with Crippen LogP contribution in [0.2, 0.25) is 0 Å². The van der Waals surface area contributed by atoms with E-state index in [2.05, 4.69) is 58.4 Å². The Bertz CT molecular complexity index is 722. The maximum atomic E-state index is 4.38. The third-order valence-electron chi connectivity index (χ3n) is 5.99. The van der Waals surface area contributed by atoms with Crippen LogP contribution in [0.25, 0.3) is 11.1 Å². The standard InChI is InChI=1S/C22H29N3/c1-17-7-5-6-10-20(17)21-15-23-24-22(21)19-11-13-25(14-12-19)16-18-8-3-2-4-9-18/h2-3,5-7,10,15,18-19H,4,8-9,11-14,16H2,1H3,(H,23,24). The molecule has 132 valence electrons. The van der Waals surface area contributed by atoms with Crippen molar-refractivity contribution < 1.29 is 0 Å². The third kappa shape index (κ3) is 3.72. The van der Waals surface area contributed by atoms with Gasteiger partial charge < -0.3 is 4.90 Å². The Morgan fingerprint density at radius 3 is 2.68 bits per heavy atom. The number of H-pyrrole nitrogens is 1. The molecule has 3 heteroatoms. The number of aromatic nitrogens is 2. The molecule has 0 saturated carbocycles. The molecular weight excluding hydrogens is 306 g/mol. The van der Waals surface area contributed by atoms with Gasteiger partial charge in [-0.15, -0.1) is 0 Å². The first-order chi connectivity index (χ1) is 12.3. The molecule has 0 radical (unpaired) electrons. The molecule has 1 aliphatic carbocycles. The molecular formula is C22H29N3. The van der Waals surface area contributed by atoms with E-state index in [0.29, 0.717) is 5.92 Å². The Hall–Kier alpha value is -1.87. The quantitative estimate of drug-likeness (QED) is 0.804. The maximum Gasteiger partial charge on any atom is 0.0568 e. The van der Waals surface area contributed by atoms with Crippen molar-refractivity contribution in [2.24, 2.45) is 5.92 Å². The summed E-state index contributed by atoms with van der Waals surface area (Å²) in [4.78, 5) is 2.68. The highest BCUT2D eigenvalue weighted by Crippen LogP contribution is 2.35. The Labute approximate surface area is 151 Å². The summed E-state index contributed by atoms with van der Waals surface area (Å²) in [6.07, 6.45) is 13.1. The van der Waals surface area contributed by atoms with Gasteiger partial charge in [-0.3, -0.25) is 5.10 Å². The number of aromatic amines is 1. The largest absolute Gasteiger partial charge is 0.303 e. The van der Waals surface area contributed by atoms with Gasteiger partial charge in [-0.2, -0.15) is 5.10 Å². The van der Waals surface area contributed by atoms with Gasteiger partial charge in [0.1, 0.15) is 0 Å². The first-order valence-corrected chi connectivity index (χ1v) is 9.78. The number of nitrogens with zero attached hydrogens (tertiary/aromatic N) is 2. The van der Waals surface area contributed by atoms with Crippen LogP contribution in [0.3, 0.4) is 0 Å². The Morgan fingerprint density at radius 1 is 1.08 bits per heavy atom. The molecule has 3 nitrogen and oxygen atoms in total. The number of hydrogen-bond donors (Lipinski definition) is 1. The van der Waals surface area contributed by atoms with Crippen molar-refractivity contribution in [2.75, 3.05) is 19.6 Å². The van der Waals surface area contributed by atoms with Crippen molar-refractivity contribution in [1.82, 2.24) is 15.1 Å². The van der Waals surface area contributed by atoms with Crippen LogP contribution in [0.15, 0.2) is 42.6 Å². The summed E-state index contributed by atoms with van der Waals surface area (Å²) in [5.41, 5.74) is 5.29. The topological polar surface area (TPSA) is 31.9 Å². The van der Waals surface area contributed by atoms with Crippen molar-refractivity contribution >= 4 is 0 Å². The molecule has 1 saturated heterocycles. The van der Waals surface area contributed by atoms with Crippen LogP contribution in [0, 0.1) is 12.8 Å². The summed E-state index contributed by atoms with van der Waals surface area (Å²) < 4.78 is 0. The molecule has 1 atom stereocenters. The minimum atomic E-state index is 0.611. The number of nitrogens with one attached hydrogen (secondary N) is 1. The fourth-order valence-electron chi connectivity index (χ4n) is 4.49. The van der Waals surface area contributed by atoms with Gasteiger partial charge in [0, 0.05) is 23.7 Å². The van der Waals surface area contributed by atoms with Crippen molar-refractivity contribution in [1.29, 1.82) is 0 Å². The fourth-order valence-corrected chi connectivity index (χ4v) is 4.49. The third-order valence-corrected chi connectivity index (χ3v) is 5.99.